The molecule has 2 aliphatic rings. The molecule has 1 N–H and O–H groups in total. The summed E-state index contributed by atoms with van der Waals surface area (Å²) in [7, 11) is 3.51. The quantitative estimate of drug-likeness (QED) is 0.811. The van der Waals surface area contributed by atoms with Crippen molar-refractivity contribution in [2.45, 2.75) is 23.6 Å². The second kappa shape index (κ2) is 5.76. The van der Waals surface area contributed by atoms with Crippen LogP contribution < -0.4 is 0 Å². The second-order valence-electron chi connectivity index (χ2n) is 6.51. The molecule has 7 heteroatoms. The second-order valence-corrected chi connectivity index (χ2v) is 7.68. The minimum atomic E-state index is -4.35. The van der Waals surface area contributed by atoms with Crippen LogP contribution in [0.2, 0.25) is 0 Å². The van der Waals surface area contributed by atoms with E-state index in [4.69, 9.17) is 0 Å². The highest BCUT2D eigenvalue weighted by atomic mass is 32.2. The van der Waals surface area contributed by atoms with Gasteiger partial charge in [-0.25, -0.2) is 0 Å². The molecule has 136 valence electrons. The lowest BCUT2D eigenvalue weighted by Crippen LogP contribution is -2.44. The van der Waals surface area contributed by atoms with Gasteiger partial charge in [0.2, 0.25) is 0 Å². The maximum Gasteiger partial charge on any atom is 0.416 e. The van der Waals surface area contributed by atoms with Gasteiger partial charge in [0.25, 0.3) is 0 Å². The van der Waals surface area contributed by atoms with Crippen LogP contribution in [0, 0.1) is 0 Å². The van der Waals surface area contributed by atoms with Crippen molar-refractivity contribution in [2.24, 2.45) is 4.99 Å². The Hall–Kier alpha value is -1.99. The molecule has 2 aromatic carbocycles. The average Bonchev–Trinajstić information content (AvgIpc) is 3.04. The van der Waals surface area contributed by atoms with Gasteiger partial charge in [-0.2, -0.15) is 13.2 Å². The summed E-state index contributed by atoms with van der Waals surface area (Å²) in [5.74, 6) is 0. The molecule has 1 aliphatic carbocycles. The van der Waals surface area contributed by atoms with Crippen LogP contribution in [0.4, 0.5) is 13.2 Å². The molecular formula is C19H17F3N2OS. The molecule has 1 fully saturated rings. The first-order valence-electron chi connectivity index (χ1n) is 8.16. The Kier molecular flexibility index (Phi) is 3.86. The third-order valence-electron chi connectivity index (χ3n) is 5.17. The Morgan fingerprint density at radius 2 is 1.88 bits per heavy atom. The number of aliphatic hydroxyl groups is 1. The molecule has 0 bridgehead atoms. The van der Waals surface area contributed by atoms with Gasteiger partial charge in [-0.3, -0.25) is 4.99 Å². The summed E-state index contributed by atoms with van der Waals surface area (Å²) in [4.78, 5) is 6.00. The van der Waals surface area contributed by atoms with Gasteiger partial charge in [0.1, 0.15) is 0 Å². The minimum Gasteiger partial charge on any atom is -0.366 e. The van der Waals surface area contributed by atoms with Crippen molar-refractivity contribution in [1.82, 2.24) is 4.90 Å². The van der Waals surface area contributed by atoms with Crippen LogP contribution in [0.3, 0.4) is 0 Å². The van der Waals surface area contributed by atoms with Crippen molar-refractivity contribution in [3.05, 3.63) is 59.2 Å². The first-order valence-corrected chi connectivity index (χ1v) is 9.04. The first kappa shape index (κ1) is 17.4. The average molecular weight is 378 g/mol. The van der Waals surface area contributed by atoms with Crippen molar-refractivity contribution in [2.75, 3.05) is 14.1 Å². The van der Waals surface area contributed by atoms with Gasteiger partial charge in [0, 0.05) is 19.7 Å². The number of rotatable bonds is 1. The summed E-state index contributed by atoms with van der Waals surface area (Å²) in [6, 6.07) is 10.8. The predicted octanol–water partition coefficient (Wildman–Crippen LogP) is 4.11. The Morgan fingerprint density at radius 1 is 1.19 bits per heavy atom. The number of halogens is 3. The highest BCUT2D eigenvalue weighted by Gasteiger charge is 2.56. The van der Waals surface area contributed by atoms with E-state index >= 15 is 0 Å². The van der Waals surface area contributed by atoms with E-state index < -0.39 is 17.5 Å². The van der Waals surface area contributed by atoms with E-state index in [0.717, 1.165) is 39.6 Å². The topological polar surface area (TPSA) is 35.8 Å². The highest BCUT2D eigenvalue weighted by molar-refractivity contribution is 8.14. The van der Waals surface area contributed by atoms with E-state index in [2.05, 4.69) is 4.99 Å². The van der Waals surface area contributed by atoms with Gasteiger partial charge in [0.15, 0.2) is 10.9 Å². The standard InChI is InChI=1S/C19H17F3N2OS/c1-23-17-24(2)18(25)15-5-3-4-13(14(15)10-16(18)26-17)11-6-8-12(9-7-11)19(20,21)22/h3-9,16,25H,10H2,1-2H3/b23-17-. The molecule has 0 saturated carbocycles. The normalized spacial score (nSPS) is 26.3. The number of hydrogen-bond acceptors (Lipinski definition) is 3. The molecule has 0 amide bonds. The number of benzene rings is 2. The molecule has 4 rings (SSSR count). The van der Waals surface area contributed by atoms with Crippen LogP contribution >= 0.6 is 11.8 Å². The predicted molar refractivity (Wildman–Crippen MR) is 97.0 cm³/mol. The Labute approximate surface area is 153 Å². The fourth-order valence-corrected chi connectivity index (χ4v) is 5.19. The molecule has 26 heavy (non-hydrogen) atoms. The Morgan fingerprint density at radius 3 is 2.50 bits per heavy atom. The smallest absolute Gasteiger partial charge is 0.366 e. The molecule has 1 aliphatic heterocycles. The molecule has 2 atom stereocenters. The number of nitrogens with zero attached hydrogens (tertiary/aromatic N) is 2. The maximum absolute atomic E-state index is 12.8. The number of hydrogen-bond donors (Lipinski definition) is 1. The molecule has 3 nitrogen and oxygen atoms in total. The summed E-state index contributed by atoms with van der Waals surface area (Å²) >= 11 is 1.53. The fraction of sp³-hybridized carbons (Fsp3) is 0.316. The van der Waals surface area contributed by atoms with Crippen molar-refractivity contribution in [3.63, 3.8) is 0 Å². The molecule has 0 aromatic heterocycles. The largest absolute Gasteiger partial charge is 0.416 e. The zero-order valence-electron chi connectivity index (χ0n) is 14.2. The molecule has 1 heterocycles. The van der Waals surface area contributed by atoms with Crippen LogP contribution in [0.5, 0.6) is 0 Å². The van der Waals surface area contributed by atoms with Crippen LogP contribution in [-0.4, -0.2) is 34.5 Å². The summed E-state index contributed by atoms with van der Waals surface area (Å²) in [5.41, 5.74) is 1.56. The SMILES string of the molecule is C/N=C1\SC2Cc3c(-c4ccc(C(F)(F)F)cc4)cccc3C2(O)N1C. The van der Waals surface area contributed by atoms with E-state index in [1.807, 2.05) is 25.2 Å². The maximum atomic E-state index is 12.8. The molecule has 2 unspecified atom stereocenters. The number of amidine groups is 1. The first-order chi connectivity index (χ1) is 12.3. The highest BCUT2D eigenvalue weighted by Crippen LogP contribution is 2.53. The molecular weight excluding hydrogens is 361 g/mol. The fourth-order valence-electron chi connectivity index (χ4n) is 3.84. The van der Waals surface area contributed by atoms with Crippen LogP contribution in [0.15, 0.2) is 47.5 Å². The molecule has 0 radical (unpaired) electrons. The monoisotopic (exact) mass is 378 g/mol. The number of aliphatic imine (C=N–C) groups is 1. The minimum absolute atomic E-state index is 0.0863. The summed E-state index contributed by atoms with van der Waals surface area (Å²) < 4.78 is 38.4. The van der Waals surface area contributed by atoms with Crippen molar-refractivity contribution in [3.8, 4) is 11.1 Å². The lowest BCUT2D eigenvalue weighted by Gasteiger charge is -2.31. The van der Waals surface area contributed by atoms with E-state index in [1.165, 1.54) is 23.9 Å². The molecule has 1 saturated heterocycles. The Balaban J connectivity index is 1.79. The van der Waals surface area contributed by atoms with Crippen LogP contribution in [0.25, 0.3) is 11.1 Å². The molecule has 2 aromatic rings. The van der Waals surface area contributed by atoms with E-state index in [-0.39, 0.29) is 5.25 Å². The molecule has 0 spiro atoms. The number of fused-ring (bicyclic) bond motifs is 3. The van der Waals surface area contributed by atoms with Crippen LogP contribution in [0.1, 0.15) is 16.7 Å². The number of alkyl halides is 3. The van der Waals surface area contributed by atoms with E-state index in [0.29, 0.717) is 6.42 Å². The van der Waals surface area contributed by atoms with Crippen molar-refractivity contribution < 1.29 is 18.3 Å². The summed E-state index contributed by atoms with van der Waals surface area (Å²) in [6.07, 6.45) is -3.71. The van der Waals surface area contributed by atoms with Gasteiger partial charge in [-0.15, -0.1) is 0 Å². The van der Waals surface area contributed by atoms with E-state index in [1.54, 1.807) is 11.9 Å². The van der Waals surface area contributed by atoms with Crippen LogP contribution in [-0.2, 0) is 18.3 Å². The van der Waals surface area contributed by atoms with Gasteiger partial charge in [-0.1, -0.05) is 42.1 Å². The van der Waals surface area contributed by atoms with Gasteiger partial charge in [0.05, 0.1) is 10.8 Å². The van der Waals surface area contributed by atoms with E-state index in [9.17, 15) is 18.3 Å². The Bertz CT molecular complexity index is 895. The third-order valence-corrected chi connectivity index (χ3v) is 6.62. The number of thioether (sulfide) groups is 1. The zero-order valence-corrected chi connectivity index (χ0v) is 15.0. The van der Waals surface area contributed by atoms with Crippen molar-refractivity contribution in [1.29, 1.82) is 0 Å². The van der Waals surface area contributed by atoms with Gasteiger partial charge in [-0.05, 0) is 35.2 Å². The van der Waals surface area contributed by atoms with Gasteiger partial charge >= 0.3 is 6.18 Å². The summed E-state index contributed by atoms with van der Waals surface area (Å²) in [6.45, 7) is 0. The summed E-state index contributed by atoms with van der Waals surface area (Å²) in [5, 5.41) is 12.0. The van der Waals surface area contributed by atoms with Gasteiger partial charge < -0.3 is 10.0 Å². The lowest BCUT2D eigenvalue weighted by molar-refractivity contribution is -0.137. The lowest BCUT2D eigenvalue weighted by atomic mass is 9.94. The van der Waals surface area contributed by atoms with Crippen molar-refractivity contribution >= 4 is 16.9 Å². The third kappa shape index (κ3) is 2.37. The zero-order chi connectivity index (χ0) is 18.7.